The SMILES string of the molecule is Cc1cccc(N2C[C@H](C(=O)NCc3ccc(C(=O)O)o3)CC2=O)c1C. The van der Waals surface area contributed by atoms with E-state index in [-0.39, 0.29) is 30.5 Å². The van der Waals surface area contributed by atoms with Crippen LogP contribution in [0.1, 0.15) is 33.9 Å². The number of hydrogen-bond donors (Lipinski definition) is 2. The van der Waals surface area contributed by atoms with Gasteiger partial charge in [-0.2, -0.15) is 0 Å². The third kappa shape index (κ3) is 3.46. The van der Waals surface area contributed by atoms with E-state index in [9.17, 15) is 14.4 Å². The Morgan fingerprint density at radius 2 is 2.04 bits per heavy atom. The predicted octanol–water partition coefficient (Wildman–Crippen LogP) is 2.26. The highest BCUT2D eigenvalue weighted by atomic mass is 16.4. The van der Waals surface area contributed by atoms with Gasteiger partial charge in [0.1, 0.15) is 5.76 Å². The summed E-state index contributed by atoms with van der Waals surface area (Å²) in [7, 11) is 0. The minimum atomic E-state index is -1.16. The summed E-state index contributed by atoms with van der Waals surface area (Å²) < 4.78 is 5.11. The molecule has 1 saturated heterocycles. The van der Waals surface area contributed by atoms with Gasteiger partial charge in [0.15, 0.2) is 0 Å². The summed E-state index contributed by atoms with van der Waals surface area (Å²) in [6, 6.07) is 8.61. The van der Waals surface area contributed by atoms with Gasteiger partial charge in [0.2, 0.25) is 17.6 Å². The molecule has 3 rings (SSSR count). The molecule has 1 aliphatic rings. The highest BCUT2D eigenvalue weighted by Gasteiger charge is 2.35. The molecule has 2 amide bonds. The zero-order valence-corrected chi connectivity index (χ0v) is 14.6. The molecule has 1 aromatic carbocycles. The zero-order chi connectivity index (χ0) is 18.8. The van der Waals surface area contributed by atoms with Crippen molar-refractivity contribution in [1.29, 1.82) is 0 Å². The van der Waals surface area contributed by atoms with Gasteiger partial charge in [-0.3, -0.25) is 9.59 Å². The first-order valence-electron chi connectivity index (χ1n) is 8.33. The smallest absolute Gasteiger partial charge is 0.371 e. The fourth-order valence-corrected chi connectivity index (χ4v) is 3.05. The molecule has 1 fully saturated rings. The van der Waals surface area contributed by atoms with E-state index < -0.39 is 11.9 Å². The number of hydrogen-bond acceptors (Lipinski definition) is 4. The number of carbonyl (C=O) groups excluding carboxylic acids is 2. The number of nitrogens with zero attached hydrogens (tertiary/aromatic N) is 1. The van der Waals surface area contributed by atoms with Gasteiger partial charge >= 0.3 is 5.97 Å². The summed E-state index contributed by atoms with van der Waals surface area (Å²) in [6.45, 7) is 4.36. The van der Waals surface area contributed by atoms with E-state index in [0.29, 0.717) is 12.3 Å². The minimum absolute atomic E-state index is 0.0787. The van der Waals surface area contributed by atoms with Crippen molar-refractivity contribution >= 4 is 23.5 Å². The van der Waals surface area contributed by atoms with E-state index in [1.54, 1.807) is 4.90 Å². The van der Waals surface area contributed by atoms with E-state index in [2.05, 4.69) is 5.32 Å². The van der Waals surface area contributed by atoms with E-state index in [1.165, 1.54) is 12.1 Å². The van der Waals surface area contributed by atoms with E-state index >= 15 is 0 Å². The summed E-state index contributed by atoms with van der Waals surface area (Å²) in [5, 5.41) is 11.5. The fraction of sp³-hybridized carbons (Fsp3) is 0.316. The second-order valence-corrected chi connectivity index (χ2v) is 6.41. The molecule has 26 heavy (non-hydrogen) atoms. The second kappa shape index (κ2) is 7.03. The average molecular weight is 356 g/mol. The van der Waals surface area contributed by atoms with Crippen LogP contribution in [0, 0.1) is 19.8 Å². The molecule has 0 saturated carbocycles. The van der Waals surface area contributed by atoms with Gasteiger partial charge in [-0.25, -0.2) is 4.79 Å². The van der Waals surface area contributed by atoms with Gasteiger partial charge in [0, 0.05) is 18.7 Å². The Labute approximate surface area is 150 Å². The molecular formula is C19H20N2O5. The number of furan rings is 1. The lowest BCUT2D eigenvalue weighted by molar-refractivity contribution is -0.126. The quantitative estimate of drug-likeness (QED) is 0.856. The number of aromatic carboxylic acids is 1. The topological polar surface area (TPSA) is 99.8 Å². The Hall–Kier alpha value is -3.09. The Morgan fingerprint density at radius 3 is 2.73 bits per heavy atom. The van der Waals surface area contributed by atoms with Crippen LogP contribution in [-0.2, 0) is 16.1 Å². The summed E-state index contributed by atoms with van der Waals surface area (Å²) in [6.07, 6.45) is 0.151. The molecule has 1 aromatic heterocycles. The first-order chi connectivity index (χ1) is 12.4. The first kappa shape index (κ1) is 17.7. The van der Waals surface area contributed by atoms with E-state index in [4.69, 9.17) is 9.52 Å². The fourth-order valence-electron chi connectivity index (χ4n) is 3.05. The zero-order valence-electron chi connectivity index (χ0n) is 14.6. The van der Waals surface area contributed by atoms with E-state index in [0.717, 1.165) is 16.8 Å². The normalized spacial score (nSPS) is 16.8. The van der Waals surface area contributed by atoms with Crippen LogP contribution in [0.4, 0.5) is 5.69 Å². The van der Waals surface area contributed by atoms with Gasteiger partial charge < -0.3 is 19.7 Å². The summed E-state index contributed by atoms with van der Waals surface area (Å²) in [4.78, 5) is 37.2. The Morgan fingerprint density at radius 1 is 1.27 bits per heavy atom. The average Bonchev–Trinajstić information content (AvgIpc) is 3.22. The highest BCUT2D eigenvalue weighted by molar-refractivity contribution is 6.00. The Kier molecular flexibility index (Phi) is 4.79. The monoisotopic (exact) mass is 356 g/mol. The van der Waals surface area contributed by atoms with Gasteiger partial charge in [-0.1, -0.05) is 12.1 Å². The molecule has 0 radical (unpaired) electrons. The van der Waals surface area contributed by atoms with Crippen molar-refractivity contribution in [2.24, 2.45) is 5.92 Å². The van der Waals surface area contributed by atoms with Crippen LogP contribution in [0.15, 0.2) is 34.7 Å². The number of benzene rings is 1. The van der Waals surface area contributed by atoms with Crippen LogP contribution >= 0.6 is 0 Å². The summed E-state index contributed by atoms with van der Waals surface area (Å²) >= 11 is 0. The highest BCUT2D eigenvalue weighted by Crippen LogP contribution is 2.29. The van der Waals surface area contributed by atoms with Gasteiger partial charge in [-0.05, 0) is 43.2 Å². The molecular weight excluding hydrogens is 336 g/mol. The number of carboxylic acids is 1. The van der Waals surface area contributed by atoms with Gasteiger partial charge in [-0.15, -0.1) is 0 Å². The number of anilines is 1. The maximum absolute atomic E-state index is 12.4. The second-order valence-electron chi connectivity index (χ2n) is 6.41. The van der Waals surface area contributed by atoms with Crippen LogP contribution in [0.2, 0.25) is 0 Å². The molecule has 0 bridgehead atoms. The van der Waals surface area contributed by atoms with Crippen LogP contribution in [0.5, 0.6) is 0 Å². The lowest BCUT2D eigenvalue weighted by atomic mass is 10.1. The number of amides is 2. The number of rotatable bonds is 5. The molecule has 7 heteroatoms. The lowest BCUT2D eigenvalue weighted by Crippen LogP contribution is -2.32. The number of aryl methyl sites for hydroxylation is 1. The van der Waals surface area contributed by atoms with Crippen molar-refractivity contribution in [2.75, 3.05) is 11.4 Å². The van der Waals surface area contributed by atoms with Gasteiger partial charge in [0.25, 0.3) is 0 Å². The lowest BCUT2D eigenvalue weighted by Gasteiger charge is -2.20. The molecule has 0 aliphatic carbocycles. The number of carboxylic acid groups (broad SMARTS) is 1. The molecule has 1 aliphatic heterocycles. The van der Waals surface area contributed by atoms with Crippen molar-refractivity contribution in [3.63, 3.8) is 0 Å². The van der Waals surface area contributed by atoms with Crippen LogP contribution in [0.3, 0.4) is 0 Å². The third-order valence-electron chi connectivity index (χ3n) is 4.67. The minimum Gasteiger partial charge on any atom is -0.475 e. The van der Waals surface area contributed by atoms with Crippen molar-refractivity contribution in [3.05, 3.63) is 53.0 Å². The van der Waals surface area contributed by atoms with Crippen molar-refractivity contribution < 1.29 is 23.9 Å². The van der Waals surface area contributed by atoms with Crippen LogP contribution in [0.25, 0.3) is 0 Å². The molecule has 1 atom stereocenters. The molecule has 136 valence electrons. The third-order valence-corrected chi connectivity index (χ3v) is 4.67. The standard InChI is InChI=1S/C19H20N2O5/c1-11-4-3-5-15(12(11)2)21-10-13(8-17(21)22)18(23)20-9-14-6-7-16(26-14)19(24)25/h3-7,13H,8-10H2,1-2H3,(H,20,23)(H,24,25)/t13-/m1/s1. The van der Waals surface area contributed by atoms with Crippen molar-refractivity contribution in [2.45, 2.75) is 26.8 Å². The van der Waals surface area contributed by atoms with E-state index in [1.807, 2.05) is 32.0 Å². The Bertz CT molecular complexity index is 871. The summed E-state index contributed by atoms with van der Waals surface area (Å²) in [5.74, 6) is -1.76. The van der Waals surface area contributed by atoms with Crippen LogP contribution in [-0.4, -0.2) is 29.4 Å². The maximum Gasteiger partial charge on any atom is 0.371 e. The van der Waals surface area contributed by atoms with Crippen LogP contribution < -0.4 is 10.2 Å². The largest absolute Gasteiger partial charge is 0.475 e. The van der Waals surface area contributed by atoms with Crippen molar-refractivity contribution in [3.8, 4) is 0 Å². The molecule has 7 nitrogen and oxygen atoms in total. The molecule has 0 unspecified atom stereocenters. The molecule has 2 N–H and O–H groups in total. The Balaban J connectivity index is 1.63. The number of nitrogens with one attached hydrogen (secondary N) is 1. The predicted molar refractivity (Wildman–Crippen MR) is 93.9 cm³/mol. The molecule has 0 spiro atoms. The molecule has 2 aromatic rings. The van der Waals surface area contributed by atoms with Gasteiger partial charge in [0.05, 0.1) is 12.5 Å². The number of carbonyl (C=O) groups is 3. The maximum atomic E-state index is 12.4. The first-order valence-corrected chi connectivity index (χ1v) is 8.33. The molecule has 2 heterocycles. The summed E-state index contributed by atoms with van der Waals surface area (Å²) in [5.41, 5.74) is 2.95. The van der Waals surface area contributed by atoms with Crippen molar-refractivity contribution in [1.82, 2.24) is 5.32 Å².